The molecular weight excluding hydrogens is 304 g/mol. The molecule has 0 aliphatic carbocycles. The van der Waals surface area contributed by atoms with Crippen LogP contribution in [0.4, 0.5) is 0 Å². The molecule has 0 bridgehead atoms. The molecule has 1 N–H and O–H groups in total. The van der Waals surface area contributed by atoms with Crippen LogP contribution in [-0.4, -0.2) is 86.4 Å². The molecular formula is C18H34N4O2. The molecule has 2 atom stereocenters. The summed E-state index contributed by atoms with van der Waals surface area (Å²) >= 11 is 0. The summed E-state index contributed by atoms with van der Waals surface area (Å²) in [6.45, 7) is 6.35. The highest BCUT2D eigenvalue weighted by molar-refractivity contribution is 5.93. The summed E-state index contributed by atoms with van der Waals surface area (Å²) < 4.78 is 0. The van der Waals surface area contributed by atoms with Crippen LogP contribution in [0.1, 0.15) is 26.7 Å². The van der Waals surface area contributed by atoms with E-state index >= 15 is 0 Å². The topological polar surface area (TPSA) is 55.9 Å². The fourth-order valence-electron chi connectivity index (χ4n) is 2.87. The molecule has 1 aliphatic heterocycles. The molecule has 0 saturated carbocycles. The normalized spacial score (nSPS) is 19.7. The second kappa shape index (κ2) is 9.79. The van der Waals surface area contributed by atoms with Gasteiger partial charge in [0.1, 0.15) is 6.04 Å². The lowest BCUT2D eigenvalue weighted by atomic mass is 10.0. The molecule has 24 heavy (non-hydrogen) atoms. The number of nitrogens with zero attached hydrogens (tertiary/aromatic N) is 3. The standard InChI is InChI=1S/C18H34N4O2/c1-14(2)12-16(19-17(23)8-7-10-20(3)4)18(24)22-11-9-15(13-22)21(5)6/h7-8,14-16H,9-13H2,1-6H3,(H,19,23)/b8-7+/t15?,16-/m0/s1. The monoisotopic (exact) mass is 338 g/mol. The van der Waals surface area contributed by atoms with Gasteiger partial charge in [-0.05, 0) is 47.0 Å². The maximum Gasteiger partial charge on any atom is 0.245 e. The first kappa shape index (κ1) is 20.6. The summed E-state index contributed by atoms with van der Waals surface area (Å²) in [5, 5.41) is 2.89. The Morgan fingerprint density at radius 1 is 1.25 bits per heavy atom. The molecule has 1 heterocycles. The molecule has 0 radical (unpaired) electrons. The predicted octanol–water partition coefficient (Wildman–Crippen LogP) is 0.798. The first-order valence-electron chi connectivity index (χ1n) is 8.77. The van der Waals surface area contributed by atoms with Crippen LogP contribution in [0.3, 0.4) is 0 Å². The van der Waals surface area contributed by atoms with Crippen molar-refractivity contribution in [1.29, 1.82) is 0 Å². The van der Waals surface area contributed by atoms with Gasteiger partial charge in [0.2, 0.25) is 11.8 Å². The number of likely N-dealkylation sites (tertiary alicyclic amines) is 1. The first-order valence-corrected chi connectivity index (χ1v) is 8.77. The van der Waals surface area contributed by atoms with E-state index < -0.39 is 6.04 Å². The quantitative estimate of drug-likeness (QED) is 0.665. The van der Waals surface area contributed by atoms with E-state index in [0.717, 1.165) is 19.5 Å². The molecule has 1 saturated heterocycles. The Labute approximate surface area is 146 Å². The van der Waals surface area contributed by atoms with E-state index in [1.165, 1.54) is 6.08 Å². The lowest BCUT2D eigenvalue weighted by molar-refractivity contribution is -0.135. The van der Waals surface area contributed by atoms with Gasteiger partial charge in [-0.2, -0.15) is 0 Å². The second-order valence-electron chi connectivity index (χ2n) is 7.55. The summed E-state index contributed by atoms with van der Waals surface area (Å²) in [6.07, 6.45) is 4.98. The number of rotatable bonds is 8. The number of likely N-dealkylation sites (N-methyl/N-ethyl adjacent to an activating group) is 2. The molecule has 6 heteroatoms. The maximum atomic E-state index is 12.8. The second-order valence-corrected chi connectivity index (χ2v) is 7.55. The van der Waals surface area contributed by atoms with E-state index in [0.29, 0.717) is 24.9 Å². The molecule has 0 aromatic heterocycles. The molecule has 2 amide bonds. The lowest BCUT2D eigenvalue weighted by Crippen LogP contribution is -2.48. The molecule has 0 aromatic carbocycles. The number of hydrogen-bond donors (Lipinski definition) is 1. The summed E-state index contributed by atoms with van der Waals surface area (Å²) in [5.41, 5.74) is 0. The van der Waals surface area contributed by atoms with Gasteiger partial charge in [-0.25, -0.2) is 0 Å². The van der Waals surface area contributed by atoms with E-state index in [4.69, 9.17) is 0 Å². The third-order valence-electron chi connectivity index (χ3n) is 4.27. The van der Waals surface area contributed by atoms with Crippen molar-refractivity contribution in [2.45, 2.75) is 38.8 Å². The highest BCUT2D eigenvalue weighted by atomic mass is 16.2. The molecule has 0 spiro atoms. The van der Waals surface area contributed by atoms with Crippen molar-refractivity contribution in [3.05, 3.63) is 12.2 Å². The van der Waals surface area contributed by atoms with E-state index in [9.17, 15) is 9.59 Å². The van der Waals surface area contributed by atoms with Crippen molar-refractivity contribution in [2.24, 2.45) is 5.92 Å². The van der Waals surface area contributed by atoms with Crippen LogP contribution in [0.2, 0.25) is 0 Å². The number of carbonyl (C=O) groups is 2. The van der Waals surface area contributed by atoms with Crippen molar-refractivity contribution in [2.75, 3.05) is 47.8 Å². The zero-order valence-corrected chi connectivity index (χ0v) is 16.1. The average Bonchev–Trinajstić information content (AvgIpc) is 2.94. The van der Waals surface area contributed by atoms with Gasteiger partial charge in [-0.3, -0.25) is 9.59 Å². The van der Waals surface area contributed by atoms with Crippen molar-refractivity contribution >= 4 is 11.8 Å². The minimum Gasteiger partial charge on any atom is -0.341 e. The Kier molecular flexibility index (Phi) is 8.42. The summed E-state index contributed by atoms with van der Waals surface area (Å²) in [6, 6.07) is -0.0354. The highest BCUT2D eigenvalue weighted by Crippen LogP contribution is 2.16. The molecule has 6 nitrogen and oxygen atoms in total. The zero-order chi connectivity index (χ0) is 18.3. The van der Waals surface area contributed by atoms with E-state index in [2.05, 4.69) is 24.1 Å². The minimum absolute atomic E-state index is 0.0439. The van der Waals surface area contributed by atoms with E-state index in [1.807, 2.05) is 44.1 Å². The Balaban J connectivity index is 2.66. The van der Waals surface area contributed by atoms with Gasteiger partial charge in [0.15, 0.2) is 0 Å². The van der Waals surface area contributed by atoms with Crippen LogP contribution in [-0.2, 0) is 9.59 Å². The fourth-order valence-corrected chi connectivity index (χ4v) is 2.87. The van der Waals surface area contributed by atoms with Gasteiger partial charge in [0.05, 0.1) is 0 Å². The predicted molar refractivity (Wildman–Crippen MR) is 97.8 cm³/mol. The van der Waals surface area contributed by atoms with Crippen LogP contribution >= 0.6 is 0 Å². The minimum atomic E-state index is -0.442. The Morgan fingerprint density at radius 2 is 1.92 bits per heavy atom. The summed E-state index contributed by atoms with van der Waals surface area (Å²) in [5.74, 6) is 0.193. The highest BCUT2D eigenvalue weighted by Gasteiger charge is 2.32. The Morgan fingerprint density at radius 3 is 2.42 bits per heavy atom. The van der Waals surface area contributed by atoms with Crippen LogP contribution in [0.5, 0.6) is 0 Å². The molecule has 1 unspecified atom stereocenters. The fraction of sp³-hybridized carbons (Fsp3) is 0.778. The average molecular weight is 338 g/mol. The van der Waals surface area contributed by atoms with Crippen LogP contribution in [0, 0.1) is 5.92 Å². The largest absolute Gasteiger partial charge is 0.341 e. The number of nitrogens with one attached hydrogen (secondary N) is 1. The van der Waals surface area contributed by atoms with E-state index in [1.54, 1.807) is 0 Å². The van der Waals surface area contributed by atoms with Crippen molar-refractivity contribution in [3.63, 3.8) is 0 Å². The Bertz CT molecular complexity index is 446. The van der Waals surface area contributed by atoms with Crippen molar-refractivity contribution in [1.82, 2.24) is 20.0 Å². The zero-order valence-electron chi connectivity index (χ0n) is 16.1. The molecule has 138 valence electrons. The third kappa shape index (κ3) is 7.01. The van der Waals surface area contributed by atoms with Gasteiger partial charge in [0, 0.05) is 31.8 Å². The molecule has 1 aliphatic rings. The SMILES string of the molecule is CC(C)C[C@H](NC(=O)/C=C/CN(C)C)C(=O)N1CCC(N(C)C)C1. The number of hydrogen-bond acceptors (Lipinski definition) is 4. The Hall–Kier alpha value is -1.40. The number of carbonyl (C=O) groups excluding carboxylic acids is 2. The lowest BCUT2D eigenvalue weighted by Gasteiger charge is -2.26. The van der Waals surface area contributed by atoms with Crippen LogP contribution in [0.15, 0.2) is 12.2 Å². The smallest absolute Gasteiger partial charge is 0.245 e. The van der Waals surface area contributed by atoms with Gasteiger partial charge < -0.3 is 20.0 Å². The summed E-state index contributed by atoms with van der Waals surface area (Å²) in [4.78, 5) is 31.0. The van der Waals surface area contributed by atoms with Crippen LogP contribution < -0.4 is 5.32 Å². The maximum absolute atomic E-state index is 12.8. The van der Waals surface area contributed by atoms with Gasteiger partial charge >= 0.3 is 0 Å². The van der Waals surface area contributed by atoms with Crippen LogP contribution in [0.25, 0.3) is 0 Å². The first-order chi connectivity index (χ1) is 11.2. The van der Waals surface area contributed by atoms with E-state index in [-0.39, 0.29) is 11.8 Å². The number of amides is 2. The summed E-state index contributed by atoms with van der Waals surface area (Å²) in [7, 11) is 7.98. The van der Waals surface area contributed by atoms with Gasteiger partial charge in [-0.1, -0.05) is 19.9 Å². The van der Waals surface area contributed by atoms with Crippen molar-refractivity contribution in [3.8, 4) is 0 Å². The molecule has 1 rings (SSSR count). The molecule has 0 aromatic rings. The van der Waals surface area contributed by atoms with Crippen molar-refractivity contribution < 1.29 is 9.59 Å². The third-order valence-corrected chi connectivity index (χ3v) is 4.27. The molecule has 1 fully saturated rings. The van der Waals surface area contributed by atoms with Gasteiger partial charge in [0.25, 0.3) is 0 Å². The van der Waals surface area contributed by atoms with Gasteiger partial charge in [-0.15, -0.1) is 0 Å².